The molecule has 0 aromatic heterocycles. The van der Waals surface area contributed by atoms with Gasteiger partial charge in [-0.15, -0.1) is 0 Å². The minimum Gasteiger partial charge on any atom is -0.350 e. The molecule has 2 atom stereocenters. The summed E-state index contributed by atoms with van der Waals surface area (Å²) in [5.41, 5.74) is 1.50. The molecule has 34 heavy (non-hydrogen) atoms. The zero-order valence-corrected chi connectivity index (χ0v) is 21.7. The number of hydrogen-bond acceptors (Lipinski definition) is 3. The summed E-state index contributed by atoms with van der Waals surface area (Å²) >= 11 is 3.51. The first kappa shape index (κ1) is 26.0. The van der Waals surface area contributed by atoms with Gasteiger partial charge in [0.15, 0.2) is 0 Å². The first-order valence-electron chi connectivity index (χ1n) is 12.2. The molecular formula is C28H34BrN3O2. The maximum Gasteiger partial charge on any atom is 0.243 e. The van der Waals surface area contributed by atoms with Crippen LogP contribution in [0, 0.1) is 17.2 Å². The topological polar surface area (TPSA) is 73.2 Å². The zero-order valence-electron chi connectivity index (χ0n) is 20.1. The van der Waals surface area contributed by atoms with Crippen molar-refractivity contribution in [3.63, 3.8) is 0 Å². The lowest BCUT2D eigenvalue weighted by Gasteiger charge is -2.31. The lowest BCUT2D eigenvalue weighted by molar-refractivity contribution is -0.138. The molecule has 3 rings (SSSR count). The minimum absolute atomic E-state index is 0.0327. The maximum absolute atomic E-state index is 13.0. The molecule has 0 radical (unpaired) electrons. The van der Waals surface area contributed by atoms with Crippen LogP contribution in [0.5, 0.6) is 0 Å². The van der Waals surface area contributed by atoms with Gasteiger partial charge in [0.05, 0.1) is 11.5 Å². The van der Waals surface area contributed by atoms with Crippen LogP contribution in [0.15, 0.2) is 59.1 Å². The highest BCUT2D eigenvalue weighted by Gasteiger charge is 2.36. The highest BCUT2D eigenvalue weighted by Crippen LogP contribution is 2.37. The van der Waals surface area contributed by atoms with E-state index in [4.69, 9.17) is 0 Å². The van der Waals surface area contributed by atoms with Crippen molar-refractivity contribution in [3.8, 4) is 6.07 Å². The van der Waals surface area contributed by atoms with E-state index < -0.39 is 11.5 Å². The molecule has 0 bridgehead atoms. The number of hydrogen-bond donors (Lipinski definition) is 1. The summed E-state index contributed by atoms with van der Waals surface area (Å²) in [6.07, 6.45) is 4.17. The number of benzene rings is 2. The Kier molecular flexibility index (Phi) is 9.29. The van der Waals surface area contributed by atoms with Gasteiger partial charge in [-0.1, -0.05) is 84.7 Å². The Labute approximate surface area is 211 Å². The zero-order chi connectivity index (χ0) is 24.6. The van der Waals surface area contributed by atoms with E-state index in [9.17, 15) is 14.9 Å². The first-order valence-corrected chi connectivity index (χ1v) is 13.0. The number of carbonyl (C=O) groups excluding carboxylic acids is 2. The molecular weight excluding hydrogens is 490 g/mol. The van der Waals surface area contributed by atoms with Gasteiger partial charge in [0.25, 0.3) is 0 Å². The fraction of sp³-hybridized carbons (Fsp3) is 0.464. The van der Waals surface area contributed by atoms with E-state index in [1.807, 2.05) is 54.6 Å². The Hall–Kier alpha value is -2.65. The van der Waals surface area contributed by atoms with Gasteiger partial charge in [0, 0.05) is 24.0 Å². The van der Waals surface area contributed by atoms with Crippen LogP contribution in [0.3, 0.4) is 0 Å². The van der Waals surface area contributed by atoms with Crippen molar-refractivity contribution in [3.05, 3.63) is 70.2 Å². The van der Waals surface area contributed by atoms with Gasteiger partial charge in [-0.2, -0.15) is 5.26 Å². The lowest BCUT2D eigenvalue weighted by Crippen LogP contribution is -2.45. The Morgan fingerprint density at radius 3 is 2.53 bits per heavy atom. The number of unbranched alkanes of at least 4 members (excludes halogenated alkanes) is 1. The standard InChI is InChI=1S/C28H34BrN3O2/c1-21(2)28(20-30,23-12-4-3-5-13-23)17-9-8-16-26(33)32-18-10-15-25(32)27(34)31-19-22-11-6-7-14-24(22)29/h3-7,11-14,21,25H,8-10,15-19H2,1-2H3,(H,31,34)/t25-,28+/m1/s1. The van der Waals surface area contributed by atoms with E-state index in [0.717, 1.165) is 28.4 Å². The van der Waals surface area contributed by atoms with Crippen LogP contribution < -0.4 is 5.32 Å². The van der Waals surface area contributed by atoms with E-state index in [0.29, 0.717) is 38.8 Å². The van der Waals surface area contributed by atoms with Crippen molar-refractivity contribution in [1.82, 2.24) is 10.2 Å². The number of nitrogens with one attached hydrogen (secondary N) is 1. The van der Waals surface area contributed by atoms with Crippen molar-refractivity contribution >= 4 is 27.7 Å². The smallest absolute Gasteiger partial charge is 0.243 e. The van der Waals surface area contributed by atoms with Crippen LogP contribution in [-0.4, -0.2) is 29.3 Å². The molecule has 1 N–H and O–H groups in total. The Morgan fingerprint density at radius 1 is 1.15 bits per heavy atom. The molecule has 5 nitrogen and oxygen atoms in total. The monoisotopic (exact) mass is 523 g/mol. The highest BCUT2D eigenvalue weighted by atomic mass is 79.9. The first-order chi connectivity index (χ1) is 16.4. The molecule has 0 unspecified atom stereocenters. The fourth-order valence-corrected chi connectivity index (χ4v) is 5.28. The fourth-order valence-electron chi connectivity index (χ4n) is 4.85. The SMILES string of the molecule is CC(C)[C@@](C#N)(CCCCC(=O)N1CCC[C@@H]1C(=O)NCc1ccccc1Br)c1ccccc1. The normalized spacial score (nSPS) is 17.3. The molecule has 1 aliphatic rings. The van der Waals surface area contributed by atoms with E-state index in [2.05, 4.69) is 41.2 Å². The van der Waals surface area contributed by atoms with Crippen LogP contribution in [0.4, 0.5) is 0 Å². The van der Waals surface area contributed by atoms with Gasteiger partial charge < -0.3 is 10.2 Å². The van der Waals surface area contributed by atoms with Crippen LogP contribution in [-0.2, 0) is 21.5 Å². The van der Waals surface area contributed by atoms with Crippen LogP contribution >= 0.6 is 15.9 Å². The number of likely N-dealkylation sites (tertiary alicyclic amines) is 1. The van der Waals surface area contributed by atoms with Gasteiger partial charge in [0.2, 0.25) is 11.8 Å². The largest absolute Gasteiger partial charge is 0.350 e. The average molecular weight is 525 g/mol. The second-order valence-corrected chi connectivity index (χ2v) is 10.2. The Morgan fingerprint density at radius 2 is 1.85 bits per heavy atom. The van der Waals surface area contributed by atoms with Gasteiger partial charge in [0.1, 0.15) is 6.04 Å². The summed E-state index contributed by atoms with van der Waals surface area (Å²) in [6.45, 7) is 5.24. The second kappa shape index (κ2) is 12.2. The van der Waals surface area contributed by atoms with Crippen molar-refractivity contribution in [2.45, 2.75) is 70.4 Å². The van der Waals surface area contributed by atoms with Crippen molar-refractivity contribution in [2.24, 2.45) is 5.92 Å². The number of nitrogens with zero attached hydrogens (tertiary/aromatic N) is 2. The molecule has 1 saturated heterocycles. The minimum atomic E-state index is -0.550. The quantitative estimate of drug-likeness (QED) is 0.403. The number of nitriles is 1. The molecule has 1 aliphatic heterocycles. The molecule has 180 valence electrons. The van der Waals surface area contributed by atoms with Gasteiger partial charge >= 0.3 is 0 Å². The molecule has 1 heterocycles. The summed E-state index contributed by atoms with van der Waals surface area (Å²) in [5, 5.41) is 13.0. The molecule has 1 fully saturated rings. The van der Waals surface area contributed by atoms with E-state index in [1.165, 1.54) is 0 Å². The average Bonchev–Trinajstić information content (AvgIpc) is 3.34. The molecule has 0 saturated carbocycles. The third-order valence-corrected chi connectivity index (χ3v) is 7.75. The highest BCUT2D eigenvalue weighted by molar-refractivity contribution is 9.10. The Bertz CT molecular complexity index is 1020. The van der Waals surface area contributed by atoms with Gasteiger partial charge in [-0.3, -0.25) is 9.59 Å². The van der Waals surface area contributed by atoms with Crippen LogP contribution in [0.1, 0.15) is 63.5 Å². The molecule has 0 spiro atoms. The number of halogens is 1. The van der Waals surface area contributed by atoms with E-state index in [1.54, 1.807) is 4.90 Å². The van der Waals surface area contributed by atoms with Gasteiger partial charge in [-0.25, -0.2) is 0 Å². The molecule has 2 aromatic carbocycles. The number of amides is 2. The number of rotatable bonds is 10. The summed E-state index contributed by atoms with van der Waals surface area (Å²) in [7, 11) is 0. The van der Waals surface area contributed by atoms with E-state index in [-0.39, 0.29) is 17.7 Å². The Balaban J connectivity index is 1.52. The molecule has 0 aliphatic carbocycles. The summed E-state index contributed by atoms with van der Waals surface area (Å²) in [6, 6.07) is 19.9. The van der Waals surface area contributed by atoms with Gasteiger partial charge in [-0.05, 0) is 48.8 Å². The second-order valence-electron chi connectivity index (χ2n) is 9.37. The molecule has 2 aromatic rings. The van der Waals surface area contributed by atoms with Crippen molar-refractivity contribution in [2.75, 3.05) is 6.54 Å². The van der Waals surface area contributed by atoms with Crippen LogP contribution in [0.2, 0.25) is 0 Å². The van der Waals surface area contributed by atoms with E-state index >= 15 is 0 Å². The predicted octanol–water partition coefficient (Wildman–Crippen LogP) is 5.73. The van der Waals surface area contributed by atoms with Crippen molar-refractivity contribution < 1.29 is 9.59 Å². The lowest BCUT2D eigenvalue weighted by atomic mass is 9.69. The third kappa shape index (κ3) is 6.07. The maximum atomic E-state index is 13.0. The number of carbonyl (C=O) groups is 2. The summed E-state index contributed by atoms with van der Waals surface area (Å²) < 4.78 is 0.958. The third-order valence-electron chi connectivity index (χ3n) is 6.97. The van der Waals surface area contributed by atoms with Crippen molar-refractivity contribution in [1.29, 1.82) is 5.26 Å². The summed E-state index contributed by atoms with van der Waals surface area (Å²) in [4.78, 5) is 27.5. The molecule has 2 amide bonds. The molecule has 6 heteroatoms. The summed E-state index contributed by atoms with van der Waals surface area (Å²) in [5.74, 6) is 0.117. The predicted molar refractivity (Wildman–Crippen MR) is 138 cm³/mol. The van der Waals surface area contributed by atoms with Crippen LogP contribution in [0.25, 0.3) is 0 Å².